The molecule has 138 valence electrons. The summed E-state index contributed by atoms with van der Waals surface area (Å²) < 4.78 is 23.2. The summed E-state index contributed by atoms with van der Waals surface area (Å²) in [4.78, 5) is 18.4. The maximum Gasteiger partial charge on any atom is 0.253 e. The first-order valence-electron chi connectivity index (χ1n) is 8.26. The van der Waals surface area contributed by atoms with Crippen molar-refractivity contribution >= 4 is 33.2 Å². The van der Waals surface area contributed by atoms with Crippen LogP contribution in [0.15, 0.2) is 42.6 Å². The van der Waals surface area contributed by atoms with Gasteiger partial charge in [0.2, 0.25) is 0 Å². The number of pyridine rings is 1. The van der Waals surface area contributed by atoms with Crippen molar-refractivity contribution in [2.75, 3.05) is 23.5 Å². The van der Waals surface area contributed by atoms with Crippen molar-refractivity contribution in [1.29, 1.82) is 0 Å². The zero-order valence-electron chi connectivity index (χ0n) is 14.4. The average Bonchev–Trinajstić information content (AvgIpc) is 3.00. The SMILES string of the molecule is CN(c1ccc(C(=O)NCc2ccc(Cl)cc2)cn1)C1CCS(=O)(=O)C1. The van der Waals surface area contributed by atoms with Crippen molar-refractivity contribution in [3.8, 4) is 0 Å². The number of carbonyl (C=O) groups excluding carboxylic acids is 1. The van der Waals surface area contributed by atoms with Crippen LogP contribution in [0.3, 0.4) is 0 Å². The van der Waals surface area contributed by atoms with Crippen LogP contribution in [0, 0.1) is 0 Å². The summed E-state index contributed by atoms with van der Waals surface area (Å²) in [5.74, 6) is 0.799. The quantitative estimate of drug-likeness (QED) is 0.843. The molecule has 26 heavy (non-hydrogen) atoms. The van der Waals surface area contributed by atoms with Crippen LogP contribution < -0.4 is 10.2 Å². The predicted octanol–water partition coefficient (Wildman–Crippen LogP) is 2.29. The van der Waals surface area contributed by atoms with Crippen LogP contribution in [-0.4, -0.2) is 43.9 Å². The number of nitrogens with one attached hydrogen (secondary N) is 1. The lowest BCUT2D eigenvalue weighted by Gasteiger charge is -2.24. The fourth-order valence-electron chi connectivity index (χ4n) is 2.88. The first-order valence-corrected chi connectivity index (χ1v) is 10.5. The van der Waals surface area contributed by atoms with E-state index >= 15 is 0 Å². The van der Waals surface area contributed by atoms with E-state index in [1.165, 1.54) is 6.20 Å². The standard InChI is InChI=1S/C18H20ClN3O3S/c1-22(16-8-9-26(24,25)12-16)17-7-4-14(11-20-17)18(23)21-10-13-2-5-15(19)6-3-13/h2-7,11,16H,8-10,12H2,1H3,(H,21,23). The van der Waals surface area contributed by atoms with Gasteiger partial charge in [-0.15, -0.1) is 0 Å². The number of halogens is 1. The van der Waals surface area contributed by atoms with Gasteiger partial charge >= 0.3 is 0 Å². The Morgan fingerprint density at radius 2 is 2.00 bits per heavy atom. The largest absolute Gasteiger partial charge is 0.356 e. The Hall–Kier alpha value is -2.12. The summed E-state index contributed by atoms with van der Waals surface area (Å²) in [5, 5.41) is 3.49. The second-order valence-corrected chi connectivity index (χ2v) is 9.05. The van der Waals surface area contributed by atoms with E-state index in [4.69, 9.17) is 11.6 Å². The number of rotatable bonds is 5. The third-order valence-corrected chi connectivity index (χ3v) is 6.50. The Morgan fingerprint density at radius 3 is 2.58 bits per heavy atom. The molecule has 1 atom stereocenters. The molecule has 1 N–H and O–H groups in total. The van der Waals surface area contributed by atoms with Crippen LogP contribution in [0.25, 0.3) is 0 Å². The lowest BCUT2D eigenvalue weighted by molar-refractivity contribution is 0.0950. The van der Waals surface area contributed by atoms with E-state index in [9.17, 15) is 13.2 Å². The van der Waals surface area contributed by atoms with Crippen LogP contribution in [0.2, 0.25) is 5.02 Å². The fraction of sp³-hybridized carbons (Fsp3) is 0.333. The number of hydrogen-bond donors (Lipinski definition) is 1. The van der Waals surface area contributed by atoms with E-state index in [1.54, 1.807) is 24.3 Å². The molecule has 1 aromatic heterocycles. The van der Waals surface area contributed by atoms with Gasteiger partial charge in [0.25, 0.3) is 5.91 Å². The number of aromatic nitrogens is 1. The third kappa shape index (κ3) is 4.53. The summed E-state index contributed by atoms with van der Waals surface area (Å²) in [5.41, 5.74) is 1.41. The highest BCUT2D eigenvalue weighted by molar-refractivity contribution is 7.91. The molecule has 0 saturated carbocycles. The molecular weight excluding hydrogens is 374 g/mol. The van der Waals surface area contributed by atoms with Gasteiger partial charge in [-0.05, 0) is 36.2 Å². The van der Waals surface area contributed by atoms with Crippen molar-refractivity contribution in [3.63, 3.8) is 0 Å². The van der Waals surface area contributed by atoms with Gasteiger partial charge in [0, 0.05) is 30.9 Å². The van der Waals surface area contributed by atoms with E-state index in [0.717, 1.165) is 5.56 Å². The van der Waals surface area contributed by atoms with E-state index in [2.05, 4.69) is 10.3 Å². The summed E-state index contributed by atoms with van der Waals surface area (Å²) in [6.45, 7) is 0.400. The predicted molar refractivity (Wildman–Crippen MR) is 102 cm³/mol. The number of anilines is 1. The molecule has 1 unspecified atom stereocenters. The highest BCUT2D eigenvalue weighted by Gasteiger charge is 2.31. The topological polar surface area (TPSA) is 79.4 Å². The molecule has 3 rings (SSSR count). The molecule has 2 heterocycles. The maximum absolute atomic E-state index is 12.2. The number of sulfone groups is 1. The Morgan fingerprint density at radius 1 is 1.27 bits per heavy atom. The molecule has 1 aliphatic heterocycles. The molecule has 1 saturated heterocycles. The van der Waals surface area contributed by atoms with Crippen molar-refractivity contribution in [3.05, 3.63) is 58.7 Å². The Kier molecular flexibility index (Phi) is 5.48. The number of amides is 1. The first-order chi connectivity index (χ1) is 12.3. The van der Waals surface area contributed by atoms with E-state index < -0.39 is 9.84 Å². The molecule has 0 bridgehead atoms. The fourth-order valence-corrected chi connectivity index (χ4v) is 4.78. The highest BCUT2D eigenvalue weighted by Crippen LogP contribution is 2.21. The maximum atomic E-state index is 12.2. The van der Waals surface area contributed by atoms with Crippen molar-refractivity contribution in [2.45, 2.75) is 19.0 Å². The van der Waals surface area contributed by atoms with E-state index in [-0.39, 0.29) is 23.5 Å². The normalized spacial score (nSPS) is 18.5. The number of nitrogens with zero attached hydrogens (tertiary/aromatic N) is 2. The van der Waals surface area contributed by atoms with Crippen LogP contribution in [-0.2, 0) is 16.4 Å². The molecule has 1 aromatic carbocycles. The summed E-state index contributed by atoms with van der Waals surface area (Å²) >= 11 is 5.84. The van der Waals surface area contributed by atoms with Gasteiger partial charge in [0.1, 0.15) is 5.82 Å². The number of hydrogen-bond acceptors (Lipinski definition) is 5. The lowest BCUT2D eigenvalue weighted by Crippen LogP contribution is -2.33. The van der Waals surface area contributed by atoms with Gasteiger partial charge in [-0.1, -0.05) is 23.7 Å². The van der Waals surface area contributed by atoms with Gasteiger partial charge in [0.05, 0.1) is 17.1 Å². The molecule has 2 aromatic rings. The van der Waals surface area contributed by atoms with Crippen LogP contribution in [0.5, 0.6) is 0 Å². The second-order valence-electron chi connectivity index (χ2n) is 6.38. The second kappa shape index (κ2) is 7.63. The minimum Gasteiger partial charge on any atom is -0.356 e. The van der Waals surface area contributed by atoms with Gasteiger partial charge in [-0.25, -0.2) is 13.4 Å². The average molecular weight is 394 g/mol. The molecule has 1 fully saturated rings. The smallest absolute Gasteiger partial charge is 0.253 e. The van der Waals surface area contributed by atoms with Gasteiger partial charge in [0.15, 0.2) is 9.84 Å². The Bertz CT molecular complexity index is 883. The first kappa shape index (κ1) is 18.7. The van der Waals surface area contributed by atoms with Gasteiger partial charge in [-0.3, -0.25) is 4.79 Å². The Labute approximate surface area is 158 Å². The van der Waals surface area contributed by atoms with E-state index in [0.29, 0.717) is 29.4 Å². The molecule has 0 aliphatic carbocycles. The van der Waals surface area contributed by atoms with E-state index in [1.807, 2.05) is 24.1 Å². The highest BCUT2D eigenvalue weighted by atomic mass is 35.5. The number of carbonyl (C=O) groups is 1. The molecule has 6 nitrogen and oxygen atoms in total. The number of benzene rings is 1. The Balaban J connectivity index is 1.59. The van der Waals surface area contributed by atoms with Crippen molar-refractivity contribution < 1.29 is 13.2 Å². The van der Waals surface area contributed by atoms with Crippen LogP contribution in [0.1, 0.15) is 22.3 Å². The minimum atomic E-state index is -2.95. The van der Waals surface area contributed by atoms with Crippen LogP contribution in [0.4, 0.5) is 5.82 Å². The summed E-state index contributed by atoms with van der Waals surface area (Å²) in [6.07, 6.45) is 2.11. The zero-order valence-corrected chi connectivity index (χ0v) is 15.9. The molecular formula is C18H20ClN3O3S. The van der Waals surface area contributed by atoms with Gasteiger partial charge < -0.3 is 10.2 Å². The lowest BCUT2D eigenvalue weighted by atomic mass is 10.2. The molecule has 0 spiro atoms. The van der Waals surface area contributed by atoms with Crippen molar-refractivity contribution in [1.82, 2.24) is 10.3 Å². The monoisotopic (exact) mass is 393 g/mol. The minimum absolute atomic E-state index is 0.0721. The molecule has 1 aliphatic rings. The van der Waals surface area contributed by atoms with Crippen molar-refractivity contribution in [2.24, 2.45) is 0 Å². The van der Waals surface area contributed by atoms with Crippen LogP contribution >= 0.6 is 11.6 Å². The summed E-state index contributed by atoms with van der Waals surface area (Å²) in [6, 6.07) is 10.6. The molecule has 8 heteroatoms. The molecule has 0 radical (unpaired) electrons. The molecule has 1 amide bonds. The third-order valence-electron chi connectivity index (χ3n) is 4.49. The summed E-state index contributed by atoms with van der Waals surface area (Å²) in [7, 11) is -1.12. The van der Waals surface area contributed by atoms with Gasteiger partial charge in [-0.2, -0.15) is 0 Å². The zero-order chi connectivity index (χ0) is 18.7.